The molecule has 0 bridgehead atoms. The van der Waals surface area contributed by atoms with E-state index in [9.17, 15) is 13.6 Å². The number of carbonyl (C=O) groups is 1. The zero-order valence-electron chi connectivity index (χ0n) is 10.3. The van der Waals surface area contributed by atoms with Crippen LogP contribution in [-0.2, 0) is 4.74 Å². The van der Waals surface area contributed by atoms with Crippen LogP contribution in [0.1, 0.15) is 28.3 Å². The highest BCUT2D eigenvalue weighted by Gasteiger charge is 2.48. The Balaban J connectivity index is 2.24. The van der Waals surface area contributed by atoms with Gasteiger partial charge in [-0.3, -0.25) is 5.32 Å². The Bertz CT molecular complexity index is 464. The van der Waals surface area contributed by atoms with Crippen molar-refractivity contribution in [2.24, 2.45) is 0 Å². The van der Waals surface area contributed by atoms with Gasteiger partial charge in [0, 0.05) is 0 Å². The number of hydrogen-bond donors (Lipinski definition) is 1. The van der Waals surface area contributed by atoms with E-state index in [1.54, 1.807) is 12.1 Å². The van der Waals surface area contributed by atoms with Crippen molar-refractivity contribution < 1.29 is 18.3 Å². The fourth-order valence-electron chi connectivity index (χ4n) is 2.22. The number of esters is 1. The molecule has 2 atom stereocenters. The highest BCUT2D eigenvalue weighted by molar-refractivity contribution is 9.09. The van der Waals surface area contributed by atoms with Crippen LogP contribution in [0.2, 0.25) is 0 Å². The van der Waals surface area contributed by atoms with Crippen molar-refractivity contribution in [1.82, 2.24) is 5.32 Å². The maximum Gasteiger partial charge on any atom is 0.337 e. The first-order valence-corrected chi connectivity index (χ1v) is 6.82. The van der Waals surface area contributed by atoms with Gasteiger partial charge in [0.25, 0.3) is 5.92 Å². The van der Waals surface area contributed by atoms with Crippen LogP contribution in [0.15, 0.2) is 24.3 Å². The van der Waals surface area contributed by atoms with Gasteiger partial charge in [-0.05, 0) is 30.7 Å². The molecule has 1 aliphatic heterocycles. The first kappa shape index (κ1) is 14.4. The molecule has 1 aromatic carbocycles. The van der Waals surface area contributed by atoms with Crippen molar-refractivity contribution in [2.45, 2.75) is 23.2 Å². The van der Waals surface area contributed by atoms with E-state index in [2.05, 4.69) is 26.0 Å². The molecule has 1 heterocycles. The Labute approximate surface area is 118 Å². The molecule has 0 saturated carbocycles. The van der Waals surface area contributed by atoms with E-state index in [1.165, 1.54) is 19.2 Å². The predicted octanol–water partition coefficient (Wildman–Crippen LogP) is 2.91. The highest BCUT2D eigenvalue weighted by Crippen LogP contribution is 2.42. The molecular formula is C13H14BrF2NO2. The van der Waals surface area contributed by atoms with Gasteiger partial charge in [-0.25, -0.2) is 13.6 Å². The van der Waals surface area contributed by atoms with Gasteiger partial charge in [0.1, 0.15) is 4.95 Å². The molecule has 0 radical (unpaired) electrons. The maximum atomic E-state index is 14.1. The SMILES string of the molecule is COC(=O)c1ccc(C2CCNC(Br)C2(F)F)cc1. The summed E-state index contributed by atoms with van der Waals surface area (Å²) in [4.78, 5) is 10.3. The molecule has 0 spiro atoms. The summed E-state index contributed by atoms with van der Waals surface area (Å²) in [6, 6.07) is 6.16. The van der Waals surface area contributed by atoms with E-state index >= 15 is 0 Å². The predicted molar refractivity (Wildman–Crippen MR) is 70.8 cm³/mol. The van der Waals surface area contributed by atoms with Crippen LogP contribution in [0.25, 0.3) is 0 Å². The van der Waals surface area contributed by atoms with Gasteiger partial charge in [-0.15, -0.1) is 0 Å². The zero-order valence-corrected chi connectivity index (χ0v) is 11.9. The summed E-state index contributed by atoms with van der Waals surface area (Å²) >= 11 is 2.96. The van der Waals surface area contributed by atoms with Gasteiger partial charge in [0.05, 0.1) is 18.6 Å². The van der Waals surface area contributed by atoms with Gasteiger partial charge < -0.3 is 4.74 Å². The van der Waals surface area contributed by atoms with Crippen molar-refractivity contribution in [3.8, 4) is 0 Å². The van der Waals surface area contributed by atoms with Gasteiger partial charge >= 0.3 is 5.97 Å². The molecule has 0 aliphatic carbocycles. The fourth-order valence-corrected chi connectivity index (χ4v) is 2.77. The molecule has 0 amide bonds. The van der Waals surface area contributed by atoms with Crippen LogP contribution in [0, 0.1) is 0 Å². The van der Waals surface area contributed by atoms with Crippen LogP contribution in [-0.4, -0.2) is 30.5 Å². The second-order valence-electron chi connectivity index (χ2n) is 4.45. The van der Waals surface area contributed by atoms with E-state index in [1.807, 2.05) is 0 Å². The Morgan fingerprint density at radius 2 is 2.05 bits per heavy atom. The van der Waals surface area contributed by atoms with Gasteiger partial charge in [-0.1, -0.05) is 28.1 Å². The van der Waals surface area contributed by atoms with Crippen molar-refractivity contribution >= 4 is 21.9 Å². The Morgan fingerprint density at radius 3 is 2.63 bits per heavy atom. The molecule has 2 unspecified atom stereocenters. The third kappa shape index (κ3) is 2.79. The molecule has 19 heavy (non-hydrogen) atoms. The second-order valence-corrected chi connectivity index (χ2v) is 5.36. The number of piperidine rings is 1. The molecule has 1 N–H and O–H groups in total. The summed E-state index contributed by atoms with van der Waals surface area (Å²) in [6.45, 7) is 0.523. The summed E-state index contributed by atoms with van der Waals surface area (Å²) in [5.41, 5.74) is 0.891. The fraction of sp³-hybridized carbons (Fsp3) is 0.462. The largest absolute Gasteiger partial charge is 0.465 e. The van der Waals surface area contributed by atoms with Crippen LogP contribution >= 0.6 is 15.9 Å². The zero-order chi connectivity index (χ0) is 14.0. The molecular weight excluding hydrogens is 320 g/mol. The lowest BCUT2D eigenvalue weighted by atomic mass is 9.86. The first-order valence-electron chi connectivity index (χ1n) is 5.90. The quantitative estimate of drug-likeness (QED) is 0.513. The lowest BCUT2D eigenvalue weighted by Gasteiger charge is -2.36. The minimum absolute atomic E-state index is 0.354. The number of ether oxygens (including phenoxy) is 1. The number of benzene rings is 1. The van der Waals surface area contributed by atoms with Gasteiger partial charge in [0.2, 0.25) is 0 Å². The first-order chi connectivity index (χ1) is 8.96. The van der Waals surface area contributed by atoms with E-state index < -0.39 is 22.8 Å². The monoisotopic (exact) mass is 333 g/mol. The summed E-state index contributed by atoms with van der Waals surface area (Å²) in [5, 5.41) is 2.70. The van der Waals surface area contributed by atoms with Gasteiger partial charge in [0.15, 0.2) is 0 Å². The number of methoxy groups -OCH3 is 1. The Morgan fingerprint density at radius 1 is 1.42 bits per heavy atom. The molecule has 1 aliphatic rings. The van der Waals surface area contributed by atoms with Crippen LogP contribution in [0.3, 0.4) is 0 Å². The Kier molecular flexibility index (Phi) is 4.20. The molecule has 2 rings (SSSR count). The summed E-state index contributed by atoms with van der Waals surface area (Å²) in [7, 11) is 1.28. The maximum absolute atomic E-state index is 14.1. The van der Waals surface area contributed by atoms with Gasteiger partial charge in [-0.2, -0.15) is 0 Å². The number of alkyl halides is 3. The smallest absolute Gasteiger partial charge is 0.337 e. The summed E-state index contributed by atoms with van der Waals surface area (Å²) in [6.07, 6.45) is 0.354. The van der Waals surface area contributed by atoms with Crippen LogP contribution in [0.5, 0.6) is 0 Å². The van der Waals surface area contributed by atoms with Crippen LogP contribution in [0.4, 0.5) is 8.78 Å². The minimum Gasteiger partial charge on any atom is -0.465 e. The summed E-state index contributed by atoms with van der Waals surface area (Å²) in [5.74, 6) is -4.20. The normalized spacial score (nSPS) is 25.9. The van der Waals surface area contributed by atoms with E-state index in [0.29, 0.717) is 24.1 Å². The van der Waals surface area contributed by atoms with Crippen molar-refractivity contribution in [1.29, 1.82) is 0 Å². The third-order valence-corrected chi connectivity index (χ3v) is 4.23. The molecule has 1 fully saturated rings. The number of rotatable bonds is 2. The minimum atomic E-state index is -2.87. The van der Waals surface area contributed by atoms with Crippen LogP contribution < -0.4 is 5.32 Å². The lowest BCUT2D eigenvalue weighted by molar-refractivity contribution is -0.0513. The molecule has 0 aromatic heterocycles. The molecule has 3 nitrogen and oxygen atoms in total. The van der Waals surface area contributed by atoms with Crippen molar-refractivity contribution in [3.05, 3.63) is 35.4 Å². The third-order valence-electron chi connectivity index (χ3n) is 3.29. The number of carbonyl (C=O) groups excluding carboxylic acids is 1. The number of nitrogens with one attached hydrogen (secondary N) is 1. The van der Waals surface area contributed by atoms with Crippen molar-refractivity contribution in [3.63, 3.8) is 0 Å². The Hall–Kier alpha value is -1.01. The molecule has 1 aromatic rings. The van der Waals surface area contributed by atoms with E-state index in [-0.39, 0.29) is 0 Å². The number of hydrogen-bond acceptors (Lipinski definition) is 3. The molecule has 6 heteroatoms. The average molecular weight is 334 g/mol. The molecule has 104 valence electrons. The van der Waals surface area contributed by atoms with E-state index in [4.69, 9.17) is 0 Å². The molecule has 1 saturated heterocycles. The lowest BCUT2D eigenvalue weighted by Crippen LogP contribution is -2.50. The van der Waals surface area contributed by atoms with E-state index in [0.717, 1.165) is 0 Å². The summed E-state index contributed by atoms with van der Waals surface area (Å²) < 4.78 is 32.7. The topological polar surface area (TPSA) is 38.3 Å². The second kappa shape index (κ2) is 5.54. The highest BCUT2D eigenvalue weighted by atomic mass is 79.9. The van der Waals surface area contributed by atoms with Crippen molar-refractivity contribution in [2.75, 3.05) is 13.7 Å². The average Bonchev–Trinajstić information content (AvgIpc) is 2.41. The standard InChI is InChI=1S/C13H14BrF2NO2/c1-19-11(18)9-4-2-8(3-5-9)10-6-7-17-12(14)13(10,15)16/h2-5,10,12,17H,6-7H2,1H3. The number of halogens is 3.